The first-order chi connectivity index (χ1) is 12.6. The van der Waals surface area contributed by atoms with Gasteiger partial charge in [0.25, 0.3) is 5.91 Å². The van der Waals surface area contributed by atoms with Gasteiger partial charge >= 0.3 is 0 Å². The minimum atomic E-state index is -0.0671. The fourth-order valence-corrected chi connectivity index (χ4v) is 3.68. The molecule has 0 aliphatic heterocycles. The molecule has 1 saturated carbocycles. The summed E-state index contributed by atoms with van der Waals surface area (Å²) in [5.41, 5.74) is 1.70. The molecule has 1 aromatic rings. The highest BCUT2D eigenvalue weighted by molar-refractivity contribution is 14.0. The van der Waals surface area contributed by atoms with E-state index in [4.69, 9.17) is 0 Å². The summed E-state index contributed by atoms with van der Waals surface area (Å²) in [5.74, 6) is 2.51. The maximum Gasteiger partial charge on any atom is 0.251 e. The van der Waals surface area contributed by atoms with Gasteiger partial charge in [-0.15, -0.1) is 24.0 Å². The average Bonchev–Trinajstić information content (AvgIpc) is 2.65. The van der Waals surface area contributed by atoms with Crippen LogP contribution in [0.15, 0.2) is 29.3 Å². The molecule has 5 nitrogen and oxygen atoms in total. The Bertz CT molecular complexity index is 606. The number of aliphatic imine (C=N–C) groups is 1. The summed E-state index contributed by atoms with van der Waals surface area (Å²) < 4.78 is 0. The van der Waals surface area contributed by atoms with Crippen molar-refractivity contribution in [1.82, 2.24) is 16.0 Å². The number of nitrogens with one attached hydrogen (secondary N) is 3. The molecule has 27 heavy (non-hydrogen) atoms. The third kappa shape index (κ3) is 8.49. The van der Waals surface area contributed by atoms with Gasteiger partial charge in [-0.1, -0.05) is 38.3 Å². The van der Waals surface area contributed by atoms with E-state index in [-0.39, 0.29) is 29.9 Å². The minimum absolute atomic E-state index is 0. The third-order valence-electron chi connectivity index (χ3n) is 5.07. The van der Waals surface area contributed by atoms with Gasteiger partial charge in [-0.2, -0.15) is 0 Å². The molecule has 2 atom stereocenters. The number of guanidine groups is 1. The first-order valence-electron chi connectivity index (χ1n) is 9.95. The van der Waals surface area contributed by atoms with Crippen molar-refractivity contribution < 1.29 is 4.79 Å². The van der Waals surface area contributed by atoms with E-state index in [9.17, 15) is 4.79 Å². The summed E-state index contributed by atoms with van der Waals surface area (Å²) >= 11 is 0. The maximum absolute atomic E-state index is 11.7. The van der Waals surface area contributed by atoms with E-state index in [0.29, 0.717) is 12.1 Å². The van der Waals surface area contributed by atoms with Crippen LogP contribution in [0, 0.1) is 11.8 Å². The first-order valence-corrected chi connectivity index (χ1v) is 9.95. The molecule has 0 radical (unpaired) electrons. The Morgan fingerprint density at radius 1 is 1.26 bits per heavy atom. The summed E-state index contributed by atoms with van der Waals surface area (Å²) in [6.45, 7) is 6.80. The zero-order valence-electron chi connectivity index (χ0n) is 16.9. The Balaban J connectivity index is 0.00000364. The fourth-order valence-electron chi connectivity index (χ4n) is 3.68. The Kier molecular flexibility index (Phi) is 11.4. The SMILES string of the molecule is CCNC(=NCc1cccc(C(=O)NC)c1)NCCC1CCCC(C)C1.I. The van der Waals surface area contributed by atoms with Gasteiger partial charge in [-0.3, -0.25) is 4.79 Å². The highest BCUT2D eigenvalue weighted by atomic mass is 127. The quantitative estimate of drug-likeness (QED) is 0.311. The molecular weight excluding hydrogens is 451 g/mol. The van der Waals surface area contributed by atoms with Crippen molar-refractivity contribution in [3.8, 4) is 0 Å². The van der Waals surface area contributed by atoms with Crippen LogP contribution in [0.4, 0.5) is 0 Å². The lowest BCUT2D eigenvalue weighted by Gasteiger charge is -2.26. The summed E-state index contributed by atoms with van der Waals surface area (Å²) in [6.07, 6.45) is 6.71. The first kappa shape index (κ1) is 23.7. The summed E-state index contributed by atoms with van der Waals surface area (Å²) in [7, 11) is 1.65. The molecule has 0 bridgehead atoms. The van der Waals surface area contributed by atoms with Crippen molar-refractivity contribution in [2.45, 2.75) is 52.5 Å². The fraction of sp³-hybridized carbons (Fsp3) is 0.619. The molecule has 0 saturated heterocycles. The number of rotatable bonds is 7. The van der Waals surface area contributed by atoms with Gasteiger partial charge in [0.15, 0.2) is 5.96 Å². The van der Waals surface area contributed by atoms with Gasteiger partial charge in [0.1, 0.15) is 0 Å². The molecule has 0 heterocycles. The molecule has 6 heteroatoms. The molecule has 1 amide bonds. The lowest BCUT2D eigenvalue weighted by molar-refractivity contribution is 0.0963. The minimum Gasteiger partial charge on any atom is -0.357 e. The van der Waals surface area contributed by atoms with Crippen LogP contribution in [0.1, 0.15) is 61.9 Å². The predicted molar refractivity (Wildman–Crippen MR) is 124 cm³/mol. The van der Waals surface area contributed by atoms with Crippen LogP contribution in [0.2, 0.25) is 0 Å². The third-order valence-corrected chi connectivity index (χ3v) is 5.07. The molecule has 1 aliphatic rings. The number of amides is 1. The average molecular weight is 486 g/mol. The lowest BCUT2D eigenvalue weighted by atomic mass is 9.81. The Morgan fingerprint density at radius 3 is 2.78 bits per heavy atom. The van der Waals surface area contributed by atoms with E-state index < -0.39 is 0 Å². The Morgan fingerprint density at radius 2 is 2.07 bits per heavy atom. The monoisotopic (exact) mass is 486 g/mol. The lowest BCUT2D eigenvalue weighted by Crippen LogP contribution is -2.38. The van der Waals surface area contributed by atoms with E-state index in [2.05, 4.69) is 34.8 Å². The number of nitrogens with zero attached hydrogens (tertiary/aromatic N) is 1. The number of hydrogen-bond acceptors (Lipinski definition) is 2. The molecule has 2 rings (SSSR count). The van der Waals surface area contributed by atoms with Gasteiger partial charge in [0, 0.05) is 25.7 Å². The van der Waals surface area contributed by atoms with Crippen LogP contribution in [-0.4, -0.2) is 32.0 Å². The van der Waals surface area contributed by atoms with Crippen LogP contribution in [0.5, 0.6) is 0 Å². The van der Waals surface area contributed by atoms with Crippen LogP contribution in [-0.2, 0) is 6.54 Å². The smallest absolute Gasteiger partial charge is 0.251 e. The largest absolute Gasteiger partial charge is 0.357 e. The van der Waals surface area contributed by atoms with Crippen molar-refractivity contribution in [2.75, 3.05) is 20.1 Å². The van der Waals surface area contributed by atoms with Crippen LogP contribution in [0.3, 0.4) is 0 Å². The Labute approximate surface area is 181 Å². The van der Waals surface area contributed by atoms with Crippen LogP contribution < -0.4 is 16.0 Å². The topological polar surface area (TPSA) is 65.5 Å². The molecule has 0 spiro atoms. The van der Waals surface area contributed by atoms with Crippen molar-refractivity contribution in [3.63, 3.8) is 0 Å². The van der Waals surface area contributed by atoms with Gasteiger partial charge < -0.3 is 16.0 Å². The van der Waals surface area contributed by atoms with Gasteiger partial charge in [-0.05, 0) is 49.3 Å². The molecule has 3 N–H and O–H groups in total. The van der Waals surface area contributed by atoms with Crippen molar-refractivity contribution in [2.24, 2.45) is 16.8 Å². The second-order valence-corrected chi connectivity index (χ2v) is 7.33. The number of hydrogen-bond donors (Lipinski definition) is 3. The standard InChI is InChI=1S/C21H34N4O.HI/c1-4-23-21(24-12-11-17-8-5-7-16(2)13-17)25-15-18-9-6-10-19(14-18)20(26)22-3;/h6,9-10,14,16-17H,4-5,7-8,11-13,15H2,1-3H3,(H,22,26)(H2,23,24,25);1H. The Hall–Kier alpha value is -1.31. The second kappa shape index (κ2) is 13.0. The number of benzene rings is 1. The van der Waals surface area contributed by atoms with Gasteiger partial charge in [-0.25, -0.2) is 4.99 Å². The summed E-state index contributed by atoms with van der Waals surface area (Å²) in [6, 6.07) is 7.62. The maximum atomic E-state index is 11.7. The number of carbonyl (C=O) groups excluding carboxylic acids is 1. The van der Waals surface area contributed by atoms with E-state index in [0.717, 1.165) is 36.4 Å². The molecule has 1 aromatic carbocycles. The molecule has 1 fully saturated rings. The molecule has 0 aromatic heterocycles. The number of halogens is 1. The van der Waals surface area contributed by atoms with Crippen molar-refractivity contribution >= 4 is 35.8 Å². The van der Waals surface area contributed by atoms with Gasteiger partial charge in [0.05, 0.1) is 6.54 Å². The molecule has 2 unspecified atom stereocenters. The molecule has 1 aliphatic carbocycles. The number of carbonyl (C=O) groups is 1. The highest BCUT2D eigenvalue weighted by Gasteiger charge is 2.18. The van der Waals surface area contributed by atoms with Crippen LogP contribution >= 0.6 is 24.0 Å². The zero-order valence-corrected chi connectivity index (χ0v) is 19.2. The van der Waals surface area contributed by atoms with Crippen molar-refractivity contribution in [1.29, 1.82) is 0 Å². The van der Waals surface area contributed by atoms with Crippen molar-refractivity contribution in [3.05, 3.63) is 35.4 Å². The molecular formula is C21H35IN4O. The predicted octanol–water partition coefficient (Wildman–Crippen LogP) is 3.94. The van der Waals surface area contributed by atoms with E-state index in [1.54, 1.807) is 7.05 Å². The summed E-state index contributed by atoms with van der Waals surface area (Å²) in [5, 5.41) is 9.43. The normalized spacial score (nSPS) is 19.7. The van der Waals surface area contributed by atoms with E-state index >= 15 is 0 Å². The zero-order chi connectivity index (χ0) is 18.8. The van der Waals surface area contributed by atoms with E-state index in [1.165, 1.54) is 32.1 Å². The second-order valence-electron chi connectivity index (χ2n) is 7.33. The van der Waals surface area contributed by atoms with Crippen LogP contribution in [0.25, 0.3) is 0 Å². The van der Waals surface area contributed by atoms with E-state index in [1.807, 2.05) is 24.3 Å². The summed E-state index contributed by atoms with van der Waals surface area (Å²) in [4.78, 5) is 16.4. The highest BCUT2D eigenvalue weighted by Crippen LogP contribution is 2.30. The van der Waals surface area contributed by atoms with Gasteiger partial charge in [0.2, 0.25) is 0 Å². The molecule has 152 valence electrons.